The van der Waals surface area contributed by atoms with Gasteiger partial charge in [-0.1, -0.05) is 0 Å². The maximum Gasteiger partial charge on any atom is 0.412 e. The number of esters is 1. The third-order valence-electron chi connectivity index (χ3n) is 5.11. The number of benzene rings is 2. The quantitative estimate of drug-likeness (QED) is 0.434. The minimum absolute atomic E-state index is 0.0515. The number of halogens is 1. The van der Waals surface area contributed by atoms with Crippen LogP contribution in [0, 0.1) is 5.82 Å². The molecule has 9 nitrogen and oxygen atoms in total. The number of fused-ring (bicyclic) bond motifs is 1. The van der Waals surface area contributed by atoms with Crippen molar-refractivity contribution >= 4 is 29.1 Å². The van der Waals surface area contributed by atoms with Gasteiger partial charge >= 0.3 is 18.2 Å². The first kappa shape index (κ1) is 22.1. The van der Waals surface area contributed by atoms with Gasteiger partial charge in [-0.15, -0.1) is 0 Å². The zero-order valence-corrected chi connectivity index (χ0v) is 18.1. The molecule has 1 atom stereocenters. The molecule has 1 aliphatic heterocycles. The lowest BCUT2D eigenvalue weighted by Crippen LogP contribution is -2.27. The van der Waals surface area contributed by atoms with Gasteiger partial charge in [0.15, 0.2) is 5.60 Å². The standard InChI is InChI=1S/C23H21FN2O7/c1-11(2)30-17-8-14-16(9-15(17)23(3)10-26-22(29)33-23)31-19(12-4-6-13(24)7-5-12)18(14)20(27)32-21(25)28/h4-9,11H,10H2,1-3H3,(H2,25,28)(H,26,29). The third kappa shape index (κ3) is 4.19. The molecule has 33 heavy (non-hydrogen) atoms. The van der Waals surface area contributed by atoms with Crippen LogP contribution >= 0.6 is 0 Å². The number of hydrogen-bond acceptors (Lipinski definition) is 7. The molecule has 1 aromatic heterocycles. The maximum atomic E-state index is 13.5. The van der Waals surface area contributed by atoms with Gasteiger partial charge in [0, 0.05) is 16.5 Å². The molecule has 1 aliphatic rings. The summed E-state index contributed by atoms with van der Waals surface area (Å²) < 4.78 is 35.5. The van der Waals surface area contributed by atoms with Gasteiger partial charge in [-0.25, -0.2) is 18.8 Å². The number of alkyl carbamates (subject to hydrolysis) is 1. The molecule has 2 amide bonds. The van der Waals surface area contributed by atoms with Crippen molar-refractivity contribution in [1.82, 2.24) is 5.32 Å². The minimum atomic E-state index is -1.29. The first-order valence-electron chi connectivity index (χ1n) is 10.1. The fourth-order valence-electron chi connectivity index (χ4n) is 3.71. The second-order valence-corrected chi connectivity index (χ2v) is 8.01. The van der Waals surface area contributed by atoms with Crippen LogP contribution < -0.4 is 15.8 Å². The van der Waals surface area contributed by atoms with E-state index in [1.807, 2.05) is 13.8 Å². The molecule has 2 heterocycles. The number of carbonyl (C=O) groups excluding carboxylic acids is 3. The number of amides is 2. The summed E-state index contributed by atoms with van der Waals surface area (Å²) in [5.74, 6) is -1.12. The lowest BCUT2D eigenvalue weighted by atomic mass is 9.93. The number of nitrogens with one attached hydrogen (secondary N) is 1. The van der Waals surface area contributed by atoms with E-state index >= 15 is 0 Å². The van der Waals surface area contributed by atoms with E-state index in [0.717, 1.165) is 0 Å². The van der Waals surface area contributed by atoms with Crippen LogP contribution in [0.15, 0.2) is 40.8 Å². The Labute approximate surface area is 187 Å². The predicted octanol–water partition coefficient (Wildman–Crippen LogP) is 4.22. The Morgan fingerprint density at radius 3 is 2.48 bits per heavy atom. The van der Waals surface area contributed by atoms with Gasteiger partial charge in [-0.3, -0.25) is 0 Å². The Bertz CT molecular complexity index is 1270. The Hall–Kier alpha value is -4.08. The molecule has 1 unspecified atom stereocenters. The van der Waals surface area contributed by atoms with E-state index in [1.54, 1.807) is 19.1 Å². The molecule has 1 fully saturated rings. The summed E-state index contributed by atoms with van der Waals surface area (Å²) in [6.45, 7) is 5.53. The summed E-state index contributed by atoms with van der Waals surface area (Å²) in [5, 5.41) is 2.89. The second kappa shape index (κ2) is 8.12. The molecule has 2 aromatic carbocycles. The molecule has 0 radical (unpaired) electrons. The zero-order valence-electron chi connectivity index (χ0n) is 18.1. The Morgan fingerprint density at radius 2 is 1.91 bits per heavy atom. The molecular weight excluding hydrogens is 435 g/mol. The largest absolute Gasteiger partial charge is 0.491 e. The predicted molar refractivity (Wildman–Crippen MR) is 114 cm³/mol. The van der Waals surface area contributed by atoms with Crippen LogP contribution in [0.5, 0.6) is 5.75 Å². The highest BCUT2D eigenvalue weighted by molar-refractivity contribution is 6.11. The number of carbonyl (C=O) groups is 3. The fourth-order valence-corrected chi connectivity index (χ4v) is 3.71. The molecule has 3 N–H and O–H groups in total. The third-order valence-corrected chi connectivity index (χ3v) is 5.11. The smallest absolute Gasteiger partial charge is 0.412 e. The second-order valence-electron chi connectivity index (χ2n) is 8.01. The highest BCUT2D eigenvalue weighted by Gasteiger charge is 2.41. The van der Waals surface area contributed by atoms with Crippen molar-refractivity contribution in [2.75, 3.05) is 6.54 Å². The lowest BCUT2D eigenvalue weighted by molar-refractivity contribution is 0.0637. The van der Waals surface area contributed by atoms with Gasteiger partial charge in [0.05, 0.1) is 12.6 Å². The van der Waals surface area contributed by atoms with Crippen LogP contribution in [0.1, 0.15) is 36.7 Å². The van der Waals surface area contributed by atoms with Crippen molar-refractivity contribution in [3.05, 3.63) is 53.3 Å². The van der Waals surface area contributed by atoms with Crippen molar-refractivity contribution in [2.45, 2.75) is 32.5 Å². The summed E-state index contributed by atoms with van der Waals surface area (Å²) in [5.41, 5.74) is 5.02. The van der Waals surface area contributed by atoms with Gasteiger partial charge < -0.3 is 29.7 Å². The molecule has 1 saturated heterocycles. The van der Waals surface area contributed by atoms with E-state index in [9.17, 15) is 18.8 Å². The first-order chi connectivity index (χ1) is 15.6. The summed E-state index contributed by atoms with van der Waals surface area (Å²) in [6, 6.07) is 8.40. The van der Waals surface area contributed by atoms with Crippen molar-refractivity contribution < 1.29 is 37.4 Å². The molecule has 0 aliphatic carbocycles. The molecule has 10 heteroatoms. The van der Waals surface area contributed by atoms with E-state index in [1.165, 1.54) is 24.3 Å². The van der Waals surface area contributed by atoms with Crippen LogP contribution in [0.3, 0.4) is 0 Å². The summed E-state index contributed by atoms with van der Waals surface area (Å²) in [7, 11) is 0. The van der Waals surface area contributed by atoms with Crippen molar-refractivity contribution in [1.29, 1.82) is 0 Å². The lowest BCUT2D eigenvalue weighted by Gasteiger charge is -2.25. The maximum absolute atomic E-state index is 13.5. The normalized spacial score (nSPS) is 17.7. The van der Waals surface area contributed by atoms with Crippen molar-refractivity contribution in [3.8, 4) is 17.1 Å². The number of cyclic esters (lactones) is 1. The van der Waals surface area contributed by atoms with Crippen molar-refractivity contribution in [3.63, 3.8) is 0 Å². The van der Waals surface area contributed by atoms with Gasteiger partial charge in [0.1, 0.15) is 28.5 Å². The van der Waals surface area contributed by atoms with Gasteiger partial charge in [-0.05, 0) is 57.2 Å². The highest BCUT2D eigenvalue weighted by atomic mass is 19.1. The number of primary amides is 1. The van der Waals surface area contributed by atoms with Crippen LogP contribution in [0.4, 0.5) is 14.0 Å². The number of nitrogens with two attached hydrogens (primary N) is 1. The number of rotatable bonds is 5. The minimum Gasteiger partial charge on any atom is -0.491 e. The molecule has 4 rings (SSSR count). The average Bonchev–Trinajstić information content (AvgIpc) is 3.27. The van der Waals surface area contributed by atoms with Crippen LogP contribution in [-0.4, -0.2) is 30.8 Å². The van der Waals surface area contributed by atoms with Gasteiger partial charge in [-0.2, -0.15) is 0 Å². The first-order valence-corrected chi connectivity index (χ1v) is 10.1. The zero-order chi connectivity index (χ0) is 23.9. The Kier molecular flexibility index (Phi) is 5.44. The highest BCUT2D eigenvalue weighted by Crippen LogP contribution is 2.42. The molecule has 0 saturated carbocycles. The number of hydrogen-bond donors (Lipinski definition) is 2. The fraction of sp³-hybridized carbons (Fsp3) is 0.261. The van der Waals surface area contributed by atoms with E-state index < -0.39 is 29.6 Å². The summed E-state index contributed by atoms with van der Waals surface area (Å²) >= 11 is 0. The summed E-state index contributed by atoms with van der Waals surface area (Å²) in [6.07, 6.45) is -2.12. The number of ether oxygens (including phenoxy) is 3. The Balaban J connectivity index is 1.98. The van der Waals surface area contributed by atoms with Crippen LogP contribution in [-0.2, 0) is 15.1 Å². The molecular formula is C23H21FN2O7. The van der Waals surface area contributed by atoms with E-state index in [4.69, 9.17) is 19.6 Å². The summed E-state index contributed by atoms with van der Waals surface area (Å²) in [4.78, 5) is 35.8. The van der Waals surface area contributed by atoms with Gasteiger partial charge in [0.25, 0.3) is 0 Å². The SMILES string of the molecule is CC(C)Oc1cc2c(C(=O)OC(N)=O)c(-c3ccc(F)cc3)oc2cc1C1(C)CNC(=O)O1. The molecule has 0 bridgehead atoms. The van der Waals surface area contributed by atoms with Crippen LogP contribution in [0.25, 0.3) is 22.3 Å². The molecule has 172 valence electrons. The van der Waals surface area contributed by atoms with Crippen molar-refractivity contribution in [2.24, 2.45) is 5.73 Å². The van der Waals surface area contributed by atoms with E-state index in [2.05, 4.69) is 10.1 Å². The monoisotopic (exact) mass is 456 g/mol. The molecule has 0 spiro atoms. The van der Waals surface area contributed by atoms with E-state index in [0.29, 0.717) is 16.9 Å². The Morgan fingerprint density at radius 1 is 1.21 bits per heavy atom. The average molecular weight is 456 g/mol. The molecule has 3 aromatic rings. The topological polar surface area (TPSA) is 130 Å². The van der Waals surface area contributed by atoms with Gasteiger partial charge in [0.2, 0.25) is 0 Å². The van der Waals surface area contributed by atoms with Crippen LogP contribution in [0.2, 0.25) is 0 Å². The van der Waals surface area contributed by atoms with E-state index in [-0.39, 0.29) is 34.9 Å². The number of furan rings is 1.